The number of rotatable bonds is 3. The second kappa shape index (κ2) is 7.30. The van der Waals surface area contributed by atoms with Gasteiger partial charge in [0.05, 0.1) is 11.4 Å². The Balaban J connectivity index is 1.69. The number of hydrogen-bond donors (Lipinski definition) is 1. The predicted molar refractivity (Wildman–Crippen MR) is 88.7 cm³/mol. The first-order chi connectivity index (χ1) is 12.7. The minimum Gasteiger partial charge on any atom is -0.376 e. The number of hydrogen-bond acceptors (Lipinski definition) is 3. The number of benzene rings is 1. The molecule has 1 aromatic heterocycles. The summed E-state index contributed by atoms with van der Waals surface area (Å²) in [6.45, 7) is 2.06. The number of amides is 1. The smallest absolute Gasteiger partial charge is 0.376 e. The van der Waals surface area contributed by atoms with Gasteiger partial charge in [-0.25, -0.2) is 9.07 Å². The van der Waals surface area contributed by atoms with Crippen molar-refractivity contribution in [2.45, 2.75) is 31.5 Å². The summed E-state index contributed by atoms with van der Waals surface area (Å²) in [4.78, 5) is 12.9. The van der Waals surface area contributed by atoms with E-state index in [1.807, 2.05) is 13.0 Å². The zero-order valence-corrected chi connectivity index (χ0v) is 14.5. The molecule has 5 nitrogen and oxygen atoms in total. The summed E-state index contributed by atoms with van der Waals surface area (Å²) >= 11 is 0. The van der Waals surface area contributed by atoms with Crippen LogP contribution in [0.1, 0.15) is 25.0 Å². The highest BCUT2D eigenvalue weighted by atomic mass is 19.4. The minimum absolute atomic E-state index is 0.0289. The van der Waals surface area contributed by atoms with Gasteiger partial charge in [-0.2, -0.15) is 18.3 Å². The quantitative estimate of drug-likeness (QED) is 0.827. The number of carbonyl (C=O) groups is 1. The summed E-state index contributed by atoms with van der Waals surface area (Å²) < 4.78 is 52.3. The fourth-order valence-corrected chi connectivity index (χ4v) is 3.37. The SMILES string of the molecule is C[C@H]1CN(C(=O)C(O)C(F)(F)F)CC[C@H]1c1ccn(-c2ccc(F)cc2)n1. The van der Waals surface area contributed by atoms with E-state index in [2.05, 4.69) is 5.10 Å². The predicted octanol–water partition coefficient (Wildman–Crippen LogP) is 2.89. The lowest BCUT2D eigenvalue weighted by Gasteiger charge is -2.37. The first kappa shape index (κ1) is 19.3. The molecule has 27 heavy (non-hydrogen) atoms. The Kier molecular flexibility index (Phi) is 5.23. The second-order valence-electron chi connectivity index (χ2n) is 6.76. The number of carbonyl (C=O) groups excluding carboxylic acids is 1. The molecule has 1 saturated heterocycles. The molecule has 9 heteroatoms. The van der Waals surface area contributed by atoms with E-state index in [0.29, 0.717) is 12.1 Å². The number of alkyl halides is 3. The van der Waals surface area contributed by atoms with Crippen LogP contribution < -0.4 is 0 Å². The van der Waals surface area contributed by atoms with Crippen LogP contribution >= 0.6 is 0 Å². The van der Waals surface area contributed by atoms with Gasteiger partial charge in [-0.1, -0.05) is 6.92 Å². The van der Waals surface area contributed by atoms with Crippen LogP contribution in [-0.4, -0.2) is 51.1 Å². The highest BCUT2D eigenvalue weighted by Gasteiger charge is 2.46. The van der Waals surface area contributed by atoms with Crippen LogP contribution in [0, 0.1) is 11.7 Å². The topological polar surface area (TPSA) is 58.4 Å². The molecule has 0 saturated carbocycles. The molecule has 1 aliphatic rings. The van der Waals surface area contributed by atoms with Gasteiger partial charge in [-0.05, 0) is 42.7 Å². The van der Waals surface area contributed by atoms with E-state index in [0.717, 1.165) is 10.6 Å². The molecule has 0 aliphatic carbocycles. The number of nitrogens with zero attached hydrogens (tertiary/aromatic N) is 3. The highest BCUT2D eigenvalue weighted by molar-refractivity contribution is 5.81. The van der Waals surface area contributed by atoms with Crippen LogP contribution in [0.25, 0.3) is 5.69 Å². The van der Waals surface area contributed by atoms with Crippen molar-refractivity contribution >= 4 is 5.91 Å². The number of aromatic nitrogens is 2. The molecule has 3 rings (SSSR count). The van der Waals surface area contributed by atoms with Crippen molar-refractivity contribution in [3.63, 3.8) is 0 Å². The molecule has 0 bridgehead atoms. The summed E-state index contributed by atoms with van der Waals surface area (Å²) in [6, 6.07) is 7.65. The fraction of sp³-hybridized carbons (Fsp3) is 0.444. The Morgan fingerprint density at radius 3 is 2.52 bits per heavy atom. The normalized spacial score (nSPS) is 21.9. The molecule has 0 spiro atoms. The van der Waals surface area contributed by atoms with Crippen LogP contribution in [0.5, 0.6) is 0 Å². The van der Waals surface area contributed by atoms with E-state index >= 15 is 0 Å². The Labute approximate surface area is 153 Å². The van der Waals surface area contributed by atoms with Crippen molar-refractivity contribution in [1.29, 1.82) is 0 Å². The van der Waals surface area contributed by atoms with Gasteiger partial charge >= 0.3 is 6.18 Å². The Hall–Kier alpha value is -2.42. The van der Waals surface area contributed by atoms with Crippen LogP contribution in [0.3, 0.4) is 0 Å². The molecular formula is C18H19F4N3O2. The summed E-state index contributed by atoms with van der Waals surface area (Å²) in [5, 5.41) is 13.7. The second-order valence-corrected chi connectivity index (χ2v) is 6.76. The lowest BCUT2D eigenvalue weighted by molar-refractivity contribution is -0.211. The third-order valence-corrected chi connectivity index (χ3v) is 4.84. The molecule has 146 valence electrons. The highest BCUT2D eigenvalue weighted by Crippen LogP contribution is 2.33. The summed E-state index contributed by atoms with van der Waals surface area (Å²) in [7, 11) is 0. The summed E-state index contributed by atoms with van der Waals surface area (Å²) in [6.07, 6.45) is -5.78. The number of aliphatic hydroxyl groups is 1. The molecule has 1 fully saturated rings. The third kappa shape index (κ3) is 4.13. The Bertz CT molecular complexity index is 804. The largest absolute Gasteiger partial charge is 0.423 e. The van der Waals surface area contributed by atoms with Crippen molar-refractivity contribution in [3.8, 4) is 5.69 Å². The van der Waals surface area contributed by atoms with E-state index in [-0.39, 0.29) is 30.7 Å². The molecule has 1 aromatic carbocycles. The number of halogens is 4. The number of aliphatic hydroxyl groups excluding tert-OH is 1. The van der Waals surface area contributed by atoms with Gasteiger partial charge in [0, 0.05) is 25.2 Å². The standard InChI is InChI=1S/C18H19F4N3O2/c1-11-10-24(17(27)16(26)18(20,21)22)8-6-14(11)15-7-9-25(23-15)13-4-2-12(19)3-5-13/h2-5,7,9,11,14,16,26H,6,8,10H2,1H3/t11-,14+,16?/m0/s1. The van der Waals surface area contributed by atoms with Gasteiger partial charge in [-0.3, -0.25) is 4.79 Å². The maximum absolute atomic E-state index is 13.0. The Morgan fingerprint density at radius 1 is 1.26 bits per heavy atom. The van der Waals surface area contributed by atoms with Gasteiger partial charge in [0.1, 0.15) is 5.82 Å². The molecule has 1 unspecified atom stereocenters. The molecular weight excluding hydrogens is 366 g/mol. The van der Waals surface area contributed by atoms with Crippen molar-refractivity contribution in [3.05, 3.63) is 48.0 Å². The fourth-order valence-electron chi connectivity index (χ4n) is 3.37. The van der Waals surface area contributed by atoms with E-state index < -0.39 is 18.2 Å². The lowest BCUT2D eigenvalue weighted by Crippen LogP contribution is -2.50. The van der Waals surface area contributed by atoms with Gasteiger partial charge in [0.25, 0.3) is 5.91 Å². The molecule has 1 amide bonds. The van der Waals surface area contributed by atoms with Crippen molar-refractivity contribution in [1.82, 2.24) is 14.7 Å². The van der Waals surface area contributed by atoms with E-state index in [9.17, 15) is 22.4 Å². The van der Waals surface area contributed by atoms with Crippen LogP contribution in [0.15, 0.2) is 36.5 Å². The van der Waals surface area contributed by atoms with Crippen molar-refractivity contribution in [2.24, 2.45) is 5.92 Å². The minimum atomic E-state index is -4.97. The van der Waals surface area contributed by atoms with E-state index in [1.165, 1.54) is 12.1 Å². The number of piperidine rings is 1. The summed E-state index contributed by atoms with van der Waals surface area (Å²) in [5.74, 6) is -1.82. The van der Waals surface area contributed by atoms with Crippen LogP contribution in [0.4, 0.5) is 17.6 Å². The molecule has 1 aliphatic heterocycles. The number of likely N-dealkylation sites (tertiary alicyclic amines) is 1. The maximum atomic E-state index is 13.0. The van der Waals surface area contributed by atoms with E-state index in [4.69, 9.17) is 5.11 Å². The molecule has 1 N–H and O–H groups in total. The maximum Gasteiger partial charge on any atom is 0.423 e. The van der Waals surface area contributed by atoms with Crippen LogP contribution in [-0.2, 0) is 4.79 Å². The third-order valence-electron chi connectivity index (χ3n) is 4.84. The molecule has 2 aromatic rings. The van der Waals surface area contributed by atoms with Gasteiger partial charge in [0.15, 0.2) is 0 Å². The summed E-state index contributed by atoms with van der Waals surface area (Å²) in [5.41, 5.74) is 1.45. The molecule has 2 heterocycles. The van der Waals surface area contributed by atoms with Gasteiger partial charge < -0.3 is 10.0 Å². The van der Waals surface area contributed by atoms with Crippen molar-refractivity contribution < 1.29 is 27.5 Å². The van der Waals surface area contributed by atoms with Crippen LogP contribution in [0.2, 0.25) is 0 Å². The average molecular weight is 385 g/mol. The zero-order valence-electron chi connectivity index (χ0n) is 14.5. The van der Waals surface area contributed by atoms with Crippen molar-refractivity contribution in [2.75, 3.05) is 13.1 Å². The Morgan fingerprint density at radius 2 is 1.93 bits per heavy atom. The first-order valence-corrected chi connectivity index (χ1v) is 8.52. The lowest BCUT2D eigenvalue weighted by atomic mass is 9.84. The van der Waals surface area contributed by atoms with Gasteiger partial charge in [0.2, 0.25) is 6.10 Å². The average Bonchev–Trinajstić information content (AvgIpc) is 3.10. The first-order valence-electron chi connectivity index (χ1n) is 8.52. The monoisotopic (exact) mass is 385 g/mol. The zero-order chi connectivity index (χ0) is 19.8. The molecule has 3 atom stereocenters. The molecule has 0 radical (unpaired) electrons. The van der Waals surface area contributed by atoms with E-state index in [1.54, 1.807) is 23.0 Å². The van der Waals surface area contributed by atoms with Gasteiger partial charge in [-0.15, -0.1) is 0 Å².